The molecular weight excluding hydrogens is 730 g/mol. The second-order valence-electron chi connectivity index (χ2n) is 15.2. The highest BCUT2D eigenvalue weighted by Gasteiger charge is 2.36. The van der Waals surface area contributed by atoms with Crippen LogP contribution in [0.3, 0.4) is 0 Å². The Labute approximate surface area is 332 Å². The predicted molar refractivity (Wildman–Crippen MR) is 218 cm³/mol. The van der Waals surface area contributed by atoms with Gasteiger partial charge in [-0.1, -0.05) is 48.0 Å². The van der Waals surface area contributed by atoms with E-state index in [1.165, 1.54) is 10.9 Å². The van der Waals surface area contributed by atoms with E-state index in [4.69, 9.17) is 16.3 Å². The van der Waals surface area contributed by atoms with Crippen molar-refractivity contribution in [2.45, 2.75) is 44.2 Å². The molecule has 13 heteroatoms. The number of carbonyl (C=O) groups is 2. The number of ether oxygens (including phenoxy) is 1. The molecule has 0 radical (unpaired) electrons. The van der Waals surface area contributed by atoms with Gasteiger partial charge in [0.15, 0.2) is 0 Å². The van der Waals surface area contributed by atoms with Crippen LogP contribution in [-0.4, -0.2) is 118 Å². The van der Waals surface area contributed by atoms with Crippen molar-refractivity contribution < 1.29 is 19.4 Å². The fraction of sp³-hybridized carbons (Fsp3) is 0.419. The first-order valence-corrected chi connectivity index (χ1v) is 19.9. The number of rotatable bonds is 14. The number of pyridine rings is 1. The van der Waals surface area contributed by atoms with Gasteiger partial charge in [-0.2, -0.15) is 0 Å². The molecule has 2 aromatic heterocycles. The van der Waals surface area contributed by atoms with Gasteiger partial charge in [0, 0.05) is 81.5 Å². The maximum Gasteiger partial charge on any atom is 0.261 e. The summed E-state index contributed by atoms with van der Waals surface area (Å²) in [7, 11) is 2.14. The van der Waals surface area contributed by atoms with E-state index in [-0.39, 0.29) is 29.8 Å². The molecule has 2 fully saturated rings. The van der Waals surface area contributed by atoms with Crippen LogP contribution in [0.4, 0.5) is 0 Å². The highest BCUT2D eigenvalue weighted by atomic mass is 35.5. The summed E-state index contributed by atoms with van der Waals surface area (Å²) in [5, 5.41) is 16.5. The lowest BCUT2D eigenvalue weighted by atomic mass is 9.88. The van der Waals surface area contributed by atoms with E-state index in [1.54, 1.807) is 48.7 Å². The highest BCUT2D eigenvalue weighted by molar-refractivity contribution is 6.35. The fourth-order valence-electron chi connectivity index (χ4n) is 7.70. The smallest absolute Gasteiger partial charge is 0.261 e. The van der Waals surface area contributed by atoms with Gasteiger partial charge in [-0.15, -0.1) is 0 Å². The molecule has 4 heterocycles. The Morgan fingerprint density at radius 2 is 1.68 bits per heavy atom. The van der Waals surface area contributed by atoms with Crippen molar-refractivity contribution in [1.82, 2.24) is 34.6 Å². The van der Waals surface area contributed by atoms with E-state index in [0.717, 1.165) is 43.7 Å². The third-order valence-electron chi connectivity index (χ3n) is 11.2. The molecule has 1 atom stereocenters. The van der Waals surface area contributed by atoms with Crippen LogP contribution in [0.15, 0.2) is 90.1 Å². The number of likely N-dealkylation sites (N-methyl/N-ethyl adjacent to an activating group) is 1. The molecule has 7 rings (SSSR count). The zero-order valence-corrected chi connectivity index (χ0v) is 32.7. The van der Waals surface area contributed by atoms with Gasteiger partial charge >= 0.3 is 0 Å². The monoisotopic (exact) mass is 779 g/mol. The van der Waals surface area contributed by atoms with Gasteiger partial charge in [0.25, 0.3) is 11.5 Å². The van der Waals surface area contributed by atoms with Crippen LogP contribution in [0.1, 0.15) is 41.6 Å². The molecule has 294 valence electrons. The molecule has 5 aromatic rings. The van der Waals surface area contributed by atoms with Crippen LogP contribution in [0.2, 0.25) is 5.02 Å². The number of aliphatic hydroxyl groups is 1. The number of piperidine rings is 1. The Morgan fingerprint density at radius 3 is 2.46 bits per heavy atom. The number of amides is 2. The van der Waals surface area contributed by atoms with E-state index in [1.807, 2.05) is 35.2 Å². The number of aromatic nitrogens is 3. The second-order valence-corrected chi connectivity index (χ2v) is 15.6. The minimum absolute atomic E-state index is 0.0332. The van der Waals surface area contributed by atoms with Gasteiger partial charge in [-0.05, 0) is 75.0 Å². The Morgan fingerprint density at radius 1 is 0.929 bits per heavy atom. The number of hydrogen-bond acceptors (Lipinski definition) is 9. The maximum absolute atomic E-state index is 14.0. The first-order chi connectivity index (χ1) is 27.1. The van der Waals surface area contributed by atoms with Crippen LogP contribution in [0.25, 0.3) is 21.8 Å². The molecule has 0 saturated carbocycles. The third-order valence-corrected chi connectivity index (χ3v) is 11.5. The fourth-order valence-corrected chi connectivity index (χ4v) is 7.92. The van der Waals surface area contributed by atoms with E-state index >= 15 is 0 Å². The van der Waals surface area contributed by atoms with Crippen LogP contribution in [-0.2, 0) is 17.8 Å². The maximum atomic E-state index is 14.0. The molecule has 3 aromatic carbocycles. The van der Waals surface area contributed by atoms with Crippen LogP contribution in [0.5, 0.6) is 5.75 Å². The molecule has 0 bridgehead atoms. The summed E-state index contributed by atoms with van der Waals surface area (Å²) in [6.07, 6.45) is 5.57. The Kier molecular flexibility index (Phi) is 12.6. The summed E-state index contributed by atoms with van der Waals surface area (Å²) < 4.78 is 7.48. The van der Waals surface area contributed by atoms with Crippen molar-refractivity contribution in [3.05, 3.63) is 112 Å². The number of carbonyl (C=O) groups excluding carboxylic acids is 2. The van der Waals surface area contributed by atoms with Gasteiger partial charge in [-0.3, -0.25) is 28.8 Å². The van der Waals surface area contributed by atoms with E-state index in [0.29, 0.717) is 91.1 Å². The van der Waals surface area contributed by atoms with Crippen molar-refractivity contribution >= 4 is 45.2 Å². The van der Waals surface area contributed by atoms with E-state index in [9.17, 15) is 19.5 Å². The Balaban J connectivity index is 0.923. The minimum Gasteiger partial charge on any atom is -0.492 e. The molecule has 1 unspecified atom stereocenters. The molecule has 0 aliphatic carbocycles. The highest BCUT2D eigenvalue weighted by Crippen LogP contribution is 2.28. The van der Waals surface area contributed by atoms with Crippen LogP contribution < -0.4 is 15.6 Å². The number of fused-ring (bicyclic) bond motifs is 2. The van der Waals surface area contributed by atoms with Crippen molar-refractivity contribution in [2.24, 2.45) is 5.92 Å². The standard InChI is InChI=1S/C43H50ClN7O5/c1-48-20-22-49(23-21-48)24-25-56-34-10-12-36-39(28-34)47-30-51(42(36)54)29-43(55)14-18-50(19-15-43)41(53)33(26-31-6-3-2-4-7-31)8-5-16-46-40(52)32-9-11-35-37(44)13-17-45-38(35)27-32/h2-4,6-7,9-13,17,27-28,30,33,55H,5,8,14-16,18-26,29H2,1H3,(H,46,52). The Hall–Kier alpha value is -4.88. The summed E-state index contributed by atoms with van der Waals surface area (Å²) in [4.78, 5) is 55.9. The van der Waals surface area contributed by atoms with Crippen molar-refractivity contribution in [3.8, 4) is 5.75 Å². The SMILES string of the molecule is CN1CCN(CCOc2ccc3c(=O)n(CC4(O)CCN(C(=O)C(CCCNC(=O)c5ccc6c(Cl)ccnc6c5)Cc5ccccc5)CC4)cnc3c2)CC1. The largest absolute Gasteiger partial charge is 0.492 e. The lowest BCUT2D eigenvalue weighted by Crippen LogP contribution is -2.51. The van der Waals surface area contributed by atoms with Gasteiger partial charge in [0.1, 0.15) is 12.4 Å². The number of benzene rings is 3. The van der Waals surface area contributed by atoms with E-state index < -0.39 is 5.60 Å². The summed E-state index contributed by atoms with van der Waals surface area (Å²) in [6.45, 7) is 6.83. The van der Waals surface area contributed by atoms with Gasteiger partial charge in [0.2, 0.25) is 5.91 Å². The predicted octanol–water partition coefficient (Wildman–Crippen LogP) is 4.65. The molecule has 2 aliphatic heterocycles. The molecule has 2 N–H and O–H groups in total. The number of nitrogens with one attached hydrogen (secondary N) is 1. The zero-order valence-electron chi connectivity index (χ0n) is 31.9. The molecular formula is C43H50ClN7O5. The van der Waals surface area contributed by atoms with Crippen molar-refractivity contribution in [1.29, 1.82) is 0 Å². The molecule has 56 heavy (non-hydrogen) atoms. The van der Waals surface area contributed by atoms with Gasteiger partial charge < -0.3 is 25.0 Å². The number of hydrogen-bond donors (Lipinski definition) is 2. The van der Waals surface area contributed by atoms with Gasteiger partial charge in [-0.25, -0.2) is 4.98 Å². The number of likely N-dealkylation sites (tertiary alicyclic amines) is 1. The first-order valence-electron chi connectivity index (χ1n) is 19.5. The summed E-state index contributed by atoms with van der Waals surface area (Å²) in [5.74, 6) is 0.208. The normalized spacial score (nSPS) is 16.9. The van der Waals surface area contributed by atoms with Gasteiger partial charge in [0.05, 0.1) is 39.9 Å². The molecule has 12 nitrogen and oxygen atoms in total. The van der Waals surface area contributed by atoms with Crippen LogP contribution >= 0.6 is 11.6 Å². The summed E-state index contributed by atoms with van der Waals surface area (Å²) in [6, 6.07) is 22.3. The minimum atomic E-state index is -1.16. The average Bonchev–Trinajstić information content (AvgIpc) is 3.21. The topological polar surface area (TPSA) is 133 Å². The van der Waals surface area contributed by atoms with Crippen molar-refractivity contribution in [2.75, 3.05) is 66.0 Å². The number of halogens is 1. The molecule has 2 saturated heterocycles. The second kappa shape index (κ2) is 17.9. The third kappa shape index (κ3) is 9.73. The van der Waals surface area contributed by atoms with E-state index in [2.05, 4.69) is 32.1 Å². The van der Waals surface area contributed by atoms with Crippen molar-refractivity contribution in [3.63, 3.8) is 0 Å². The summed E-state index contributed by atoms with van der Waals surface area (Å²) >= 11 is 6.26. The molecule has 2 aliphatic rings. The Bertz CT molecular complexity index is 2200. The van der Waals surface area contributed by atoms with Crippen LogP contribution in [0, 0.1) is 5.92 Å². The first kappa shape index (κ1) is 39.4. The molecule has 2 amide bonds. The average molecular weight is 780 g/mol. The lowest BCUT2D eigenvalue weighted by molar-refractivity contribution is -0.140. The number of nitrogens with zero attached hydrogens (tertiary/aromatic N) is 6. The lowest BCUT2D eigenvalue weighted by Gasteiger charge is -2.39. The number of piperazine rings is 1. The summed E-state index contributed by atoms with van der Waals surface area (Å²) in [5.41, 5.74) is 1.39. The molecule has 0 spiro atoms. The zero-order chi connectivity index (χ0) is 39.1. The quantitative estimate of drug-likeness (QED) is 0.155.